The topological polar surface area (TPSA) is 121 Å². The second kappa shape index (κ2) is 9.08. The second-order valence-corrected chi connectivity index (χ2v) is 1.53. The molecule has 0 aromatic carbocycles. The Morgan fingerprint density at radius 1 is 1.22 bits per heavy atom. The molecule has 0 spiro atoms. The van der Waals surface area contributed by atoms with Crippen LogP contribution in [0.3, 0.4) is 0 Å². The molecule has 0 amide bonds. The van der Waals surface area contributed by atoms with Crippen molar-refractivity contribution >= 4 is 10.4 Å². The summed E-state index contributed by atoms with van der Waals surface area (Å²) in [5.41, 5.74) is 0. The van der Waals surface area contributed by atoms with Crippen LogP contribution in [0.15, 0.2) is 0 Å². The van der Waals surface area contributed by atoms with Crippen molar-refractivity contribution in [1.29, 1.82) is 0 Å². The first kappa shape index (κ1) is 16.6. The van der Waals surface area contributed by atoms with Gasteiger partial charge in [0, 0.05) is 0 Å². The smallest absolute Gasteiger partial charge is 0.544 e. The Kier molecular flexibility index (Phi) is 16.7. The van der Waals surface area contributed by atoms with Crippen LogP contribution in [0.1, 0.15) is 0 Å². The molecule has 0 heterocycles. The monoisotopic (exact) mass is 188 g/mol. The van der Waals surface area contributed by atoms with Crippen LogP contribution in [0, 0.1) is 11.3 Å². The quantitative estimate of drug-likeness (QED) is 0.288. The minimum absolute atomic E-state index is 0. The average Bonchev–Trinajstić information content (AvgIpc) is 1.27. The van der Waals surface area contributed by atoms with Gasteiger partial charge < -0.3 is 9.32 Å². The van der Waals surface area contributed by atoms with Crippen molar-refractivity contribution < 1.29 is 67.7 Å². The fourth-order valence-electron chi connectivity index (χ4n) is 0. The van der Waals surface area contributed by atoms with E-state index in [1.54, 1.807) is 0 Å². The number of hydrogen-bond donors (Lipinski definition) is 2. The van der Waals surface area contributed by atoms with Gasteiger partial charge in [-0.2, -0.15) is 8.42 Å². The molecule has 9 heteroatoms. The molecule has 0 unspecified atom stereocenters. The predicted octanol–water partition coefficient (Wildman–Crippen LogP) is -6.03. The zero-order chi connectivity index (χ0) is 7.21. The van der Waals surface area contributed by atoms with Gasteiger partial charge in [0.1, 0.15) is 0 Å². The van der Waals surface area contributed by atoms with Gasteiger partial charge in [0.2, 0.25) is 0 Å². The maximum atomic E-state index is 8.74. The first-order chi connectivity index (χ1) is 3.41. The summed E-state index contributed by atoms with van der Waals surface area (Å²) in [5, 5.41) is 0. The standard InChI is InChI=1S/ClO2.Na.H2O4S/c2-1-3;;1-5(2,3)4/h;;(H2,1,2,3,4)/q-1;+1;. The zero-order valence-electron chi connectivity index (χ0n) is 4.31. The molecular formula is H2ClNaO6S. The van der Waals surface area contributed by atoms with E-state index >= 15 is 0 Å². The molecule has 0 saturated heterocycles. The van der Waals surface area contributed by atoms with E-state index in [9.17, 15) is 0 Å². The molecule has 2 N–H and O–H groups in total. The van der Waals surface area contributed by atoms with E-state index in [4.69, 9.17) is 26.8 Å². The molecule has 0 saturated carbocycles. The third-order valence-electron chi connectivity index (χ3n) is 0. The summed E-state index contributed by atoms with van der Waals surface area (Å²) in [7, 11) is -4.67. The number of hydrogen-bond acceptors (Lipinski definition) is 4. The van der Waals surface area contributed by atoms with E-state index in [0.717, 1.165) is 0 Å². The molecular weight excluding hydrogens is 187 g/mol. The van der Waals surface area contributed by atoms with E-state index in [0.29, 0.717) is 0 Å². The van der Waals surface area contributed by atoms with E-state index in [1.165, 1.54) is 0 Å². The summed E-state index contributed by atoms with van der Waals surface area (Å²) in [6.07, 6.45) is 0. The molecule has 0 aliphatic carbocycles. The number of rotatable bonds is 0. The average molecular weight is 189 g/mol. The van der Waals surface area contributed by atoms with Gasteiger partial charge >= 0.3 is 40.0 Å². The summed E-state index contributed by atoms with van der Waals surface area (Å²) >= 11 is -0.417. The van der Waals surface area contributed by atoms with Gasteiger partial charge in [-0.15, -0.1) is 0 Å². The van der Waals surface area contributed by atoms with E-state index < -0.39 is 21.7 Å². The predicted molar refractivity (Wildman–Crippen MR) is 14.2 cm³/mol. The number of halogens is 1. The van der Waals surface area contributed by atoms with Gasteiger partial charge in [-0.1, -0.05) is 0 Å². The van der Waals surface area contributed by atoms with E-state index in [1.807, 2.05) is 0 Å². The summed E-state index contributed by atoms with van der Waals surface area (Å²) in [4.78, 5) is 0. The van der Waals surface area contributed by atoms with Gasteiger partial charge in [0.15, 0.2) is 0 Å². The first-order valence-electron chi connectivity index (χ1n) is 1.01. The molecule has 0 atom stereocenters. The van der Waals surface area contributed by atoms with Gasteiger partial charge in [-0.05, 0) is 0 Å². The van der Waals surface area contributed by atoms with Crippen molar-refractivity contribution in [2.75, 3.05) is 0 Å². The van der Waals surface area contributed by atoms with Crippen molar-refractivity contribution in [2.45, 2.75) is 0 Å². The third kappa shape index (κ3) is 390. The summed E-state index contributed by atoms with van der Waals surface area (Å²) in [6.45, 7) is 0. The van der Waals surface area contributed by atoms with Crippen LogP contribution in [-0.4, -0.2) is 17.5 Å². The minimum atomic E-state index is -4.67. The normalized spacial score (nSPS) is 8.44. The van der Waals surface area contributed by atoms with Crippen molar-refractivity contribution in [1.82, 2.24) is 0 Å². The largest absolute Gasteiger partial charge is 1.00 e. The SMILES string of the molecule is O=S(=O)(O)O.[Na+].[O-][Cl+][O-]. The zero-order valence-corrected chi connectivity index (χ0v) is 7.89. The maximum Gasteiger partial charge on any atom is 1.00 e. The maximum absolute atomic E-state index is 8.74. The fourth-order valence-corrected chi connectivity index (χ4v) is 0. The molecule has 0 fully saturated rings. The van der Waals surface area contributed by atoms with Gasteiger partial charge in [0.25, 0.3) is 0 Å². The Balaban J connectivity index is -0.0000000800. The van der Waals surface area contributed by atoms with E-state index in [-0.39, 0.29) is 29.6 Å². The second-order valence-electron chi connectivity index (χ2n) is 0.511. The van der Waals surface area contributed by atoms with Gasteiger partial charge in [-0.25, -0.2) is 0 Å². The molecule has 52 valence electrons. The Morgan fingerprint density at radius 3 is 1.22 bits per heavy atom. The Bertz CT molecular complexity index is 107. The summed E-state index contributed by atoms with van der Waals surface area (Å²) < 4.78 is 48.1. The van der Waals surface area contributed by atoms with E-state index in [2.05, 4.69) is 0 Å². The van der Waals surface area contributed by atoms with Crippen molar-refractivity contribution in [3.8, 4) is 0 Å². The van der Waals surface area contributed by atoms with Crippen LogP contribution in [0.4, 0.5) is 0 Å². The summed E-state index contributed by atoms with van der Waals surface area (Å²) in [5.74, 6) is 0. The van der Waals surface area contributed by atoms with Crippen LogP contribution in [-0.2, 0) is 10.4 Å². The molecule has 0 aromatic rings. The Hall–Kier alpha value is 1.08. The van der Waals surface area contributed by atoms with Crippen LogP contribution in [0.5, 0.6) is 0 Å². The fraction of sp³-hybridized carbons (Fsp3) is 0. The summed E-state index contributed by atoms with van der Waals surface area (Å²) in [6, 6.07) is 0. The van der Waals surface area contributed by atoms with Crippen molar-refractivity contribution in [2.24, 2.45) is 0 Å². The Morgan fingerprint density at radius 2 is 1.22 bits per heavy atom. The molecule has 0 aliphatic heterocycles. The van der Waals surface area contributed by atoms with Crippen molar-refractivity contribution in [3.63, 3.8) is 0 Å². The van der Waals surface area contributed by atoms with Crippen LogP contribution >= 0.6 is 0 Å². The molecule has 0 rings (SSSR count). The molecule has 9 heavy (non-hydrogen) atoms. The van der Waals surface area contributed by atoms with Crippen LogP contribution in [0.2, 0.25) is 0 Å². The van der Waals surface area contributed by atoms with Crippen LogP contribution in [0.25, 0.3) is 0 Å². The molecule has 6 nitrogen and oxygen atoms in total. The third-order valence-corrected chi connectivity index (χ3v) is 0. The first-order valence-corrected chi connectivity index (χ1v) is 3.02. The van der Waals surface area contributed by atoms with Crippen molar-refractivity contribution in [3.05, 3.63) is 0 Å². The molecule has 0 aliphatic rings. The Labute approximate surface area is 77.8 Å². The molecule has 0 radical (unpaired) electrons. The molecule has 0 bridgehead atoms. The van der Waals surface area contributed by atoms with Crippen LogP contribution < -0.4 is 38.9 Å². The van der Waals surface area contributed by atoms with Gasteiger partial charge in [0.05, 0.1) is 11.3 Å². The minimum Gasteiger partial charge on any atom is -0.544 e. The van der Waals surface area contributed by atoms with Gasteiger partial charge in [-0.3, -0.25) is 9.11 Å². The molecule has 0 aromatic heterocycles.